The Morgan fingerprint density at radius 3 is 2.56 bits per heavy atom. The molecule has 1 heterocycles. The van der Waals surface area contributed by atoms with Crippen LogP contribution < -0.4 is 0 Å². The number of ketones is 1. The van der Waals surface area contributed by atoms with Crippen LogP contribution in [0.25, 0.3) is 0 Å². The summed E-state index contributed by atoms with van der Waals surface area (Å²) in [5, 5.41) is 1.32. The second-order valence-electron chi connectivity index (χ2n) is 3.70. The van der Waals surface area contributed by atoms with Crippen LogP contribution in [0.5, 0.6) is 0 Å². The number of carbonyl (C=O) groups is 1. The highest BCUT2D eigenvalue weighted by atomic mass is 35.5. The Balaban J connectivity index is 2.21. The van der Waals surface area contributed by atoms with Crippen LogP contribution in [0.3, 0.4) is 0 Å². The van der Waals surface area contributed by atoms with Gasteiger partial charge in [-0.15, -0.1) is 0 Å². The summed E-state index contributed by atoms with van der Waals surface area (Å²) in [4.78, 5) is 15.9. The molecule has 0 atom stereocenters. The van der Waals surface area contributed by atoms with Crippen LogP contribution in [-0.4, -0.2) is 10.8 Å². The van der Waals surface area contributed by atoms with Crippen molar-refractivity contribution in [2.45, 2.75) is 6.42 Å². The molecule has 2 aromatic rings. The van der Waals surface area contributed by atoms with E-state index >= 15 is 0 Å². The maximum absolute atomic E-state index is 12.0. The molecule has 0 aliphatic rings. The zero-order valence-corrected chi connectivity index (χ0v) is 11.4. The molecule has 0 aliphatic heterocycles. The van der Waals surface area contributed by atoms with E-state index in [2.05, 4.69) is 4.98 Å². The molecule has 0 aliphatic carbocycles. The number of hydrogen-bond acceptors (Lipinski definition) is 2. The Morgan fingerprint density at radius 1 is 1.11 bits per heavy atom. The minimum atomic E-state index is -0.0662. The second kappa shape index (κ2) is 5.70. The van der Waals surface area contributed by atoms with E-state index in [1.165, 1.54) is 12.3 Å². The lowest BCUT2D eigenvalue weighted by atomic mass is 10.0. The van der Waals surface area contributed by atoms with Crippen LogP contribution in [0.15, 0.2) is 36.5 Å². The van der Waals surface area contributed by atoms with E-state index in [1.54, 1.807) is 24.3 Å². The fourth-order valence-corrected chi connectivity index (χ4v) is 2.17. The predicted molar refractivity (Wildman–Crippen MR) is 73.7 cm³/mol. The first-order chi connectivity index (χ1) is 8.56. The lowest BCUT2D eigenvalue weighted by Crippen LogP contribution is -2.04. The van der Waals surface area contributed by atoms with Crippen LogP contribution in [-0.2, 0) is 6.42 Å². The fraction of sp³-hybridized carbons (Fsp3) is 0.0769. The zero-order chi connectivity index (χ0) is 13.1. The van der Waals surface area contributed by atoms with Crippen molar-refractivity contribution in [3.05, 3.63) is 62.9 Å². The van der Waals surface area contributed by atoms with Crippen molar-refractivity contribution < 1.29 is 4.79 Å². The van der Waals surface area contributed by atoms with Crippen molar-refractivity contribution in [2.24, 2.45) is 0 Å². The minimum Gasteiger partial charge on any atom is -0.294 e. The summed E-state index contributed by atoms with van der Waals surface area (Å²) < 4.78 is 0. The van der Waals surface area contributed by atoms with Crippen LogP contribution in [0.1, 0.15) is 15.9 Å². The van der Waals surface area contributed by atoms with Crippen LogP contribution in [0, 0.1) is 0 Å². The Kier molecular flexibility index (Phi) is 4.23. The van der Waals surface area contributed by atoms with E-state index in [1.807, 2.05) is 0 Å². The average molecular weight is 301 g/mol. The molecular formula is C13H8Cl3NO. The van der Waals surface area contributed by atoms with Gasteiger partial charge in [-0.2, -0.15) is 0 Å². The first kappa shape index (κ1) is 13.3. The van der Waals surface area contributed by atoms with Crippen molar-refractivity contribution in [2.75, 3.05) is 0 Å². The van der Waals surface area contributed by atoms with E-state index in [0.717, 1.165) is 5.56 Å². The van der Waals surface area contributed by atoms with Gasteiger partial charge in [0.15, 0.2) is 5.78 Å². The SMILES string of the molecule is O=C(Cc1ccc(Cl)cc1Cl)c1ccnc(Cl)c1. The Morgan fingerprint density at radius 2 is 1.89 bits per heavy atom. The molecule has 0 bridgehead atoms. The van der Waals surface area contributed by atoms with Gasteiger partial charge in [-0.05, 0) is 29.8 Å². The van der Waals surface area contributed by atoms with Crippen molar-refractivity contribution in [3.63, 3.8) is 0 Å². The van der Waals surface area contributed by atoms with E-state index in [0.29, 0.717) is 20.8 Å². The van der Waals surface area contributed by atoms with Gasteiger partial charge in [-0.1, -0.05) is 40.9 Å². The molecule has 0 fully saturated rings. The van der Waals surface area contributed by atoms with E-state index in [-0.39, 0.29) is 12.2 Å². The summed E-state index contributed by atoms with van der Waals surface area (Å²) in [7, 11) is 0. The van der Waals surface area contributed by atoms with Crippen LogP contribution >= 0.6 is 34.8 Å². The molecule has 0 saturated carbocycles. The van der Waals surface area contributed by atoms with Gasteiger partial charge < -0.3 is 0 Å². The number of pyridine rings is 1. The third kappa shape index (κ3) is 3.22. The molecule has 0 radical (unpaired) electrons. The molecule has 18 heavy (non-hydrogen) atoms. The fourth-order valence-electron chi connectivity index (χ4n) is 1.52. The number of benzene rings is 1. The summed E-state index contributed by atoms with van der Waals surface area (Å²) in [5.41, 5.74) is 1.25. The molecule has 0 N–H and O–H groups in total. The molecule has 0 unspecified atom stereocenters. The number of Topliss-reactive ketones (excluding diaryl/α,β-unsaturated/α-hetero) is 1. The number of rotatable bonds is 3. The first-order valence-corrected chi connectivity index (χ1v) is 6.28. The molecule has 5 heteroatoms. The molecule has 0 spiro atoms. The van der Waals surface area contributed by atoms with Crippen molar-refractivity contribution in [1.29, 1.82) is 0 Å². The lowest BCUT2D eigenvalue weighted by molar-refractivity contribution is 0.0993. The Labute approximate surface area is 120 Å². The third-order valence-electron chi connectivity index (χ3n) is 2.41. The monoisotopic (exact) mass is 299 g/mol. The van der Waals surface area contributed by atoms with Gasteiger partial charge in [0.1, 0.15) is 5.15 Å². The van der Waals surface area contributed by atoms with Crippen molar-refractivity contribution in [3.8, 4) is 0 Å². The number of aromatic nitrogens is 1. The third-order valence-corrected chi connectivity index (χ3v) is 3.21. The van der Waals surface area contributed by atoms with Gasteiger partial charge in [0, 0.05) is 28.2 Å². The molecule has 1 aromatic carbocycles. The van der Waals surface area contributed by atoms with Crippen molar-refractivity contribution in [1.82, 2.24) is 4.98 Å². The number of carbonyl (C=O) groups excluding carboxylic acids is 1. The van der Waals surface area contributed by atoms with E-state index < -0.39 is 0 Å². The Hall–Kier alpha value is -1.09. The quantitative estimate of drug-likeness (QED) is 0.618. The zero-order valence-electron chi connectivity index (χ0n) is 9.16. The highest BCUT2D eigenvalue weighted by molar-refractivity contribution is 6.35. The molecule has 1 aromatic heterocycles. The molecule has 0 amide bonds. The predicted octanol–water partition coefficient (Wildman–Crippen LogP) is 4.47. The van der Waals surface area contributed by atoms with Crippen molar-refractivity contribution >= 4 is 40.6 Å². The summed E-state index contributed by atoms with van der Waals surface area (Å²) >= 11 is 17.6. The summed E-state index contributed by atoms with van der Waals surface area (Å²) in [6.07, 6.45) is 1.70. The molecule has 2 rings (SSSR count). The highest BCUT2D eigenvalue weighted by Crippen LogP contribution is 2.22. The Bertz CT molecular complexity index is 599. The maximum Gasteiger partial charge on any atom is 0.167 e. The first-order valence-electron chi connectivity index (χ1n) is 5.15. The topological polar surface area (TPSA) is 30.0 Å². The van der Waals surface area contributed by atoms with Gasteiger partial charge in [0.05, 0.1) is 0 Å². The highest BCUT2D eigenvalue weighted by Gasteiger charge is 2.10. The van der Waals surface area contributed by atoms with Crippen LogP contribution in [0.4, 0.5) is 0 Å². The normalized spacial score (nSPS) is 10.4. The second-order valence-corrected chi connectivity index (χ2v) is 4.93. The summed E-state index contributed by atoms with van der Waals surface area (Å²) in [5.74, 6) is -0.0662. The lowest BCUT2D eigenvalue weighted by Gasteiger charge is -2.04. The number of hydrogen-bond donors (Lipinski definition) is 0. The van der Waals surface area contributed by atoms with E-state index in [4.69, 9.17) is 34.8 Å². The minimum absolute atomic E-state index is 0.0662. The van der Waals surface area contributed by atoms with Gasteiger partial charge in [-0.3, -0.25) is 4.79 Å². The average Bonchev–Trinajstić information content (AvgIpc) is 2.32. The van der Waals surface area contributed by atoms with Gasteiger partial charge in [0.25, 0.3) is 0 Å². The summed E-state index contributed by atoms with van der Waals surface area (Å²) in [6.45, 7) is 0. The number of nitrogens with zero attached hydrogens (tertiary/aromatic N) is 1. The van der Waals surface area contributed by atoms with Gasteiger partial charge in [0.2, 0.25) is 0 Å². The van der Waals surface area contributed by atoms with Gasteiger partial charge in [-0.25, -0.2) is 4.98 Å². The van der Waals surface area contributed by atoms with E-state index in [9.17, 15) is 4.79 Å². The summed E-state index contributed by atoms with van der Waals surface area (Å²) in [6, 6.07) is 8.22. The molecular weight excluding hydrogens is 293 g/mol. The molecule has 2 nitrogen and oxygen atoms in total. The van der Waals surface area contributed by atoms with Crippen LogP contribution in [0.2, 0.25) is 15.2 Å². The molecule has 0 saturated heterocycles. The molecule has 92 valence electrons. The maximum atomic E-state index is 12.0. The standard InChI is InChI=1S/C13H8Cl3NO/c14-10-2-1-8(11(15)7-10)5-12(18)9-3-4-17-13(16)6-9/h1-4,6-7H,5H2. The van der Waals surface area contributed by atoms with Gasteiger partial charge >= 0.3 is 0 Å². The largest absolute Gasteiger partial charge is 0.294 e. The smallest absolute Gasteiger partial charge is 0.167 e. The number of halogens is 3.